The number of rotatable bonds is 6. The number of nitrogens with zero attached hydrogens (tertiary/aromatic N) is 2. The van der Waals surface area contributed by atoms with E-state index in [0.717, 1.165) is 29.0 Å². The first-order valence-corrected chi connectivity index (χ1v) is 12.5. The average molecular weight is 485 g/mol. The number of aliphatic hydroxyl groups is 1. The first-order chi connectivity index (χ1) is 14.6. The van der Waals surface area contributed by atoms with Crippen LogP contribution in [0.15, 0.2) is 54.0 Å². The monoisotopic (exact) mass is 484 g/mol. The van der Waals surface area contributed by atoms with E-state index >= 15 is 0 Å². The summed E-state index contributed by atoms with van der Waals surface area (Å²) in [5.74, 6) is -1.80. The van der Waals surface area contributed by atoms with Crippen LogP contribution in [0.4, 0.5) is 8.78 Å². The Bertz CT molecular complexity index is 1160. The van der Waals surface area contributed by atoms with Crippen molar-refractivity contribution in [2.45, 2.75) is 16.9 Å². The van der Waals surface area contributed by atoms with Crippen molar-refractivity contribution in [2.24, 2.45) is 0 Å². The summed E-state index contributed by atoms with van der Waals surface area (Å²) >= 11 is 7.44. The molecule has 0 bridgehead atoms. The topological polar surface area (TPSA) is 70.5 Å². The van der Waals surface area contributed by atoms with Gasteiger partial charge in [-0.05, 0) is 35.4 Å². The number of aromatic nitrogens is 1. The molecule has 1 aromatic heterocycles. The van der Waals surface area contributed by atoms with Gasteiger partial charge in [0.1, 0.15) is 27.5 Å². The molecule has 2 aromatic carbocycles. The van der Waals surface area contributed by atoms with E-state index in [2.05, 4.69) is 4.98 Å². The van der Waals surface area contributed by atoms with Gasteiger partial charge in [0.2, 0.25) is 0 Å². The van der Waals surface area contributed by atoms with Crippen molar-refractivity contribution in [2.75, 3.05) is 19.3 Å². The highest BCUT2D eigenvalue weighted by Gasteiger charge is 2.54. The van der Waals surface area contributed by atoms with E-state index in [9.17, 15) is 22.3 Å². The van der Waals surface area contributed by atoms with E-state index in [-0.39, 0.29) is 24.7 Å². The van der Waals surface area contributed by atoms with Gasteiger partial charge in [-0.3, -0.25) is 4.90 Å². The molecule has 0 radical (unpaired) electrons. The van der Waals surface area contributed by atoms with Crippen molar-refractivity contribution >= 4 is 32.8 Å². The molecule has 1 fully saturated rings. The van der Waals surface area contributed by atoms with Gasteiger partial charge in [-0.25, -0.2) is 22.2 Å². The van der Waals surface area contributed by atoms with Gasteiger partial charge in [0, 0.05) is 42.0 Å². The van der Waals surface area contributed by atoms with Crippen LogP contribution in [0, 0.1) is 11.6 Å². The number of thiazole rings is 1. The smallest absolute Gasteiger partial charge is 0.157 e. The molecule has 0 aliphatic carbocycles. The third-order valence-corrected chi connectivity index (χ3v) is 7.94. The largest absolute Gasteiger partial charge is 0.385 e. The van der Waals surface area contributed by atoms with Gasteiger partial charge in [0.05, 0.1) is 6.04 Å². The van der Waals surface area contributed by atoms with Crippen LogP contribution < -0.4 is 0 Å². The van der Waals surface area contributed by atoms with Gasteiger partial charge in [-0.2, -0.15) is 0 Å². The second-order valence-corrected chi connectivity index (χ2v) is 11.2. The van der Waals surface area contributed by atoms with Crippen molar-refractivity contribution in [1.29, 1.82) is 0 Å². The third-order valence-electron chi connectivity index (χ3n) is 5.29. The highest BCUT2D eigenvalue weighted by molar-refractivity contribution is 7.91. The van der Waals surface area contributed by atoms with Crippen molar-refractivity contribution in [3.63, 3.8) is 0 Å². The van der Waals surface area contributed by atoms with E-state index in [0.29, 0.717) is 11.1 Å². The van der Waals surface area contributed by atoms with Crippen molar-refractivity contribution < 1.29 is 22.3 Å². The summed E-state index contributed by atoms with van der Waals surface area (Å²) in [5.41, 5.74) is -0.941. The zero-order valence-corrected chi connectivity index (χ0v) is 18.8. The fourth-order valence-corrected chi connectivity index (χ4v) is 6.71. The normalized spacial score (nSPS) is 18.4. The number of hydrogen-bond donors (Lipinski definition) is 1. The molecule has 1 saturated heterocycles. The molecule has 1 N–H and O–H groups in total. The number of hydrogen-bond acceptors (Lipinski definition) is 6. The second-order valence-electron chi connectivity index (χ2n) is 7.75. The van der Waals surface area contributed by atoms with Gasteiger partial charge < -0.3 is 5.11 Å². The van der Waals surface area contributed by atoms with Crippen molar-refractivity contribution in [1.82, 2.24) is 9.88 Å². The summed E-state index contributed by atoms with van der Waals surface area (Å²) < 4.78 is 52.7. The lowest BCUT2D eigenvalue weighted by atomic mass is 9.84. The number of likely N-dealkylation sites (tertiary alicyclic amines) is 1. The summed E-state index contributed by atoms with van der Waals surface area (Å²) in [7, 11) is -3.88. The first-order valence-electron chi connectivity index (χ1n) is 9.33. The predicted molar refractivity (Wildman–Crippen MR) is 116 cm³/mol. The molecule has 0 amide bonds. The van der Waals surface area contributed by atoms with Crippen LogP contribution in [0.3, 0.4) is 0 Å². The molecule has 5 nitrogen and oxygen atoms in total. The van der Waals surface area contributed by atoms with Crippen LogP contribution in [0.2, 0.25) is 5.02 Å². The van der Waals surface area contributed by atoms with Gasteiger partial charge in [0.15, 0.2) is 9.84 Å². The first kappa shape index (κ1) is 22.3. The fraction of sp³-hybridized carbons (Fsp3) is 0.286. The molecule has 31 heavy (non-hydrogen) atoms. The Morgan fingerprint density at radius 1 is 1.13 bits per heavy atom. The fourth-order valence-electron chi connectivity index (χ4n) is 4.21. The van der Waals surface area contributed by atoms with Gasteiger partial charge in [0.25, 0.3) is 0 Å². The quantitative estimate of drug-likeness (QED) is 0.572. The highest BCUT2D eigenvalue weighted by atomic mass is 35.5. The minimum atomic E-state index is -3.88. The van der Waals surface area contributed by atoms with Crippen LogP contribution in [-0.4, -0.2) is 48.4 Å². The standard InChI is InChI=1S/C21H19ClF2N2O3S2/c1-31(28,29)19(14-8-16(23)10-17(24)9-14)21(27)11-26(12-21)18(20-25-6-7-30-20)13-2-4-15(22)5-3-13/h2-10,18-19,27H,11-12H2,1H3. The van der Waals surface area contributed by atoms with Crippen molar-refractivity contribution in [3.8, 4) is 0 Å². The van der Waals surface area contributed by atoms with E-state index in [1.165, 1.54) is 11.3 Å². The molecule has 2 heterocycles. The molecular formula is C21H19ClF2N2O3S2. The Balaban J connectivity index is 1.68. The molecule has 164 valence electrons. The molecule has 0 spiro atoms. The van der Waals surface area contributed by atoms with Crippen LogP contribution >= 0.6 is 22.9 Å². The summed E-state index contributed by atoms with van der Waals surface area (Å²) in [6.45, 7) is -0.0362. The number of halogens is 3. The van der Waals surface area contributed by atoms with Gasteiger partial charge >= 0.3 is 0 Å². The van der Waals surface area contributed by atoms with E-state index in [4.69, 9.17) is 11.6 Å². The van der Waals surface area contributed by atoms with Gasteiger partial charge in [-0.15, -0.1) is 11.3 Å². The predicted octanol–water partition coefficient (Wildman–Crippen LogP) is 4.00. The molecule has 3 aromatic rings. The van der Waals surface area contributed by atoms with Crippen LogP contribution in [0.5, 0.6) is 0 Å². The molecule has 4 rings (SSSR count). The average Bonchev–Trinajstić information content (AvgIpc) is 3.14. The summed E-state index contributed by atoms with van der Waals surface area (Å²) in [6, 6.07) is 9.45. The highest BCUT2D eigenvalue weighted by Crippen LogP contribution is 2.45. The maximum absolute atomic E-state index is 13.8. The minimum Gasteiger partial charge on any atom is -0.385 e. The van der Waals surface area contributed by atoms with Crippen LogP contribution in [-0.2, 0) is 9.84 Å². The van der Waals surface area contributed by atoms with Gasteiger partial charge in [-0.1, -0.05) is 23.7 Å². The lowest BCUT2D eigenvalue weighted by molar-refractivity contribution is -0.112. The van der Waals surface area contributed by atoms with Crippen LogP contribution in [0.1, 0.15) is 27.4 Å². The zero-order valence-electron chi connectivity index (χ0n) is 16.4. The summed E-state index contributed by atoms with van der Waals surface area (Å²) in [5, 5.41) is 13.0. The molecule has 10 heteroatoms. The maximum Gasteiger partial charge on any atom is 0.157 e. The Morgan fingerprint density at radius 3 is 2.26 bits per heavy atom. The van der Waals surface area contributed by atoms with Crippen molar-refractivity contribution in [3.05, 3.63) is 86.8 Å². The molecule has 2 unspecified atom stereocenters. The lowest BCUT2D eigenvalue weighted by Crippen LogP contribution is -2.66. The number of benzene rings is 2. The second kappa shape index (κ2) is 8.22. The molecule has 1 aliphatic heterocycles. The zero-order chi connectivity index (χ0) is 22.4. The molecule has 2 atom stereocenters. The third kappa shape index (κ3) is 4.51. The number of β-amino-alcohol motifs (C(OH)–C–C–N with tert-alkyl or cyclic N) is 1. The lowest BCUT2D eigenvalue weighted by Gasteiger charge is -2.52. The number of sulfone groups is 1. The van der Waals surface area contributed by atoms with E-state index in [1.54, 1.807) is 18.3 Å². The molecule has 1 aliphatic rings. The van der Waals surface area contributed by atoms with Crippen LogP contribution in [0.25, 0.3) is 0 Å². The van der Waals surface area contributed by atoms with E-state index < -0.39 is 32.3 Å². The van der Waals surface area contributed by atoms with E-state index in [1.807, 2.05) is 22.4 Å². The summed E-state index contributed by atoms with van der Waals surface area (Å²) in [6.07, 6.45) is 2.63. The maximum atomic E-state index is 13.8. The Hall–Kier alpha value is -1.91. The Morgan fingerprint density at radius 2 is 1.74 bits per heavy atom. The molecular weight excluding hydrogens is 466 g/mol. The Kier molecular flexibility index (Phi) is 5.91. The molecule has 0 saturated carbocycles. The Labute approximate surface area is 187 Å². The SMILES string of the molecule is CS(=O)(=O)C(c1cc(F)cc(F)c1)C1(O)CN(C(c2ccc(Cl)cc2)c2nccs2)C1. The summed E-state index contributed by atoms with van der Waals surface area (Å²) in [4.78, 5) is 6.27. The minimum absolute atomic E-state index is 0.0181.